The average Bonchev–Trinajstić information content (AvgIpc) is 3.04. The lowest BCUT2D eigenvalue weighted by molar-refractivity contribution is -0.117. The van der Waals surface area contributed by atoms with Crippen molar-refractivity contribution >= 4 is 17.4 Å². The molecule has 1 aliphatic carbocycles. The van der Waals surface area contributed by atoms with E-state index >= 15 is 0 Å². The van der Waals surface area contributed by atoms with E-state index in [2.05, 4.69) is 16.3 Å². The molecule has 0 aromatic carbocycles. The Hall–Kier alpha value is -1.62. The van der Waals surface area contributed by atoms with Crippen LogP contribution in [0.4, 0.5) is 11.5 Å². The van der Waals surface area contributed by atoms with Crippen LogP contribution in [0.2, 0.25) is 0 Å². The van der Waals surface area contributed by atoms with Gasteiger partial charge in [-0.2, -0.15) is 0 Å². The van der Waals surface area contributed by atoms with Crippen molar-refractivity contribution in [3.8, 4) is 0 Å². The Morgan fingerprint density at radius 3 is 2.65 bits per heavy atom. The molecule has 23 heavy (non-hydrogen) atoms. The van der Waals surface area contributed by atoms with E-state index in [1.807, 2.05) is 13.8 Å². The minimum absolute atomic E-state index is 0.129. The standard InChI is InChI=1S/C18H27N3O2/c1-13-11-16(21-7-9-23-10-8-21)19-14(2)18(13)20-17(22)12-15-5-3-4-6-15/h11,15H,3-10,12H2,1-2H3,(H,20,22). The van der Waals surface area contributed by atoms with Crippen molar-refractivity contribution < 1.29 is 9.53 Å². The quantitative estimate of drug-likeness (QED) is 0.927. The zero-order valence-corrected chi connectivity index (χ0v) is 14.2. The van der Waals surface area contributed by atoms with E-state index in [-0.39, 0.29) is 5.91 Å². The minimum atomic E-state index is 0.129. The van der Waals surface area contributed by atoms with Crippen LogP contribution in [0.15, 0.2) is 6.07 Å². The molecule has 1 saturated heterocycles. The number of anilines is 2. The molecule has 1 aromatic heterocycles. The second kappa shape index (κ2) is 7.30. The number of carbonyl (C=O) groups is 1. The average molecular weight is 317 g/mol. The summed E-state index contributed by atoms with van der Waals surface area (Å²) in [6, 6.07) is 2.07. The third-order valence-corrected chi connectivity index (χ3v) is 4.93. The van der Waals surface area contributed by atoms with Gasteiger partial charge in [0, 0.05) is 19.5 Å². The molecule has 2 fully saturated rings. The van der Waals surface area contributed by atoms with Crippen molar-refractivity contribution in [3.05, 3.63) is 17.3 Å². The Bertz CT molecular complexity index is 538. The van der Waals surface area contributed by atoms with Gasteiger partial charge in [-0.05, 0) is 44.2 Å². The lowest BCUT2D eigenvalue weighted by Crippen LogP contribution is -2.37. The predicted molar refractivity (Wildman–Crippen MR) is 91.9 cm³/mol. The highest BCUT2D eigenvalue weighted by Crippen LogP contribution is 2.29. The molecule has 3 rings (SSSR count). The van der Waals surface area contributed by atoms with Crippen LogP contribution in [0.3, 0.4) is 0 Å². The number of pyridine rings is 1. The monoisotopic (exact) mass is 317 g/mol. The molecule has 0 radical (unpaired) electrons. The predicted octanol–water partition coefficient (Wildman–Crippen LogP) is 3.05. The second-order valence-electron chi connectivity index (χ2n) is 6.76. The van der Waals surface area contributed by atoms with E-state index in [1.165, 1.54) is 25.7 Å². The van der Waals surface area contributed by atoms with E-state index in [4.69, 9.17) is 9.72 Å². The Balaban J connectivity index is 1.68. The molecule has 1 saturated carbocycles. The summed E-state index contributed by atoms with van der Waals surface area (Å²) < 4.78 is 5.39. The molecule has 5 nitrogen and oxygen atoms in total. The molecule has 2 heterocycles. The van der Waals surface area contributed by atoms with E-state index < -0.39 is 0 Å². The number of hydrogen-bond donors (Lipinski definition) is 1. The van der Waals surface area contributed by atoms with Crippen LogP contribution in [0.25, 0.3) is 0 Å². The Kier molecular flexibility index (Phi) is 5.16. The molecule has 1 N–H and O–H groups in total. The molecule has 0 bridgehead atoms. The van der Waals surface area contributed by atoms with Gasteiger partial charge in [0.05, 0.1) is 24.6 Å². The molecule has 1 aromatic rings. The molecular weight excluding hydrogens is 290 g/mol. The van der Waals surface area contributed by atoms with E-state index in [9.17, 15) is 4.79 Å². The summed E-state index contributed by atoms with van der Waals surface area (Å²) in [6.07, 6.45) is 5.57. The van der Waals surface area contributed by atoms with Gasteiger partial charge < -0.3 is 15.0 Å². The summed E-state index contributed by atoms with van der Waals surface area (Å²) in [5.41, 5.74) is 2.86. The number of nitrogens with zero attached hydrogens (tertiary/aromatic N) is 2. The number of amides is 1. The smallest absolute Gasteiger partial charge is 0.224 e. The molecule has 126 valence electrons. The maximum absolute atomic E-state index is 12.3. The number of morpholine rings is 1. The summed E-state index contributed by atoms with van der Waals surface area (Å²) in [5, 5.41) is 3.09. The highest BCUT2D eigenvalue weighted by Gasteiger charge is 2.20. The van der Waals surface area contributed by atoms with Gasteiger partial charge >= 0.3 is 0 Å². The molecule has 2 aliphatic rings. The van der Waals surface area contributed by atoms with Gasteiger partial charge in [-0.1, -0.05) is 12.8 Å². The topological polar surface area (TPSA) is 54.5 Å². The summed E-state index contributed by atoms with van der Waals surface area (Å²) in [6.45, 7) is 7.27. The molecular formula is C18H27N3O2. The molecule has 0 unspecified atom stereocenters. The first kappa shape index (κ1) is 16.2. The van der Waals surface area contributed by atoms with Gasteiger partial charge in [-0.3, -0.25) is 4.79 Å². The lowest BCUT2D eigenvalue weighted by Gasteiger charge is -2.28. The van der Waals surface area contributed by atoms with Gasteiger partial charge in [-0.25, -0.2) is 4.98 Å². The van der Waals surface area contributed by atoms with Gasteiger partial charge in [-0.15, -0.1) is 0 Å². The first-order valence-electron chi connectivity index (χ1n) is 8.74. The van der Waals surface area contributed by atoms with Crippen LogP contribution in [-0.4, -0.2) is 37.2 Å². The van der Waals surface area contributed by atoms with Crippen molar-refractivity contribution in [1.29, 1.82) is 0 Å². The fourth-order valence-corrected chi connectivity index (χ4v) is 3.62. The van der Waals surface area contributed by atoms with Crippen LogP contribution >= 0.6 is 0 Å². The van der Waals surface area contributed by atoms with Crippen LogP contribution in [0.1, 0.15) is 43.4 Å². The lowest BCUT2D eigenvalue weighted by atomic mass is 10.0. The summed E-state index contributed by atoms with van der Waals surface area (Å²) in [4.78, 5) is 19.2. The first-order valence-corrected chi connectivity index (χ1v) is 8.74. The molecule has 1 aliphatic heterocycles. The Morgan fingerprint density at radius 1 is 1.30 bits per heavy atom. The fraction of sp³-hybridized carbons (Fsp3) is 0.667. The van der Waals surface area contributed by atoms with Gasteiger partial charge in [0.25, 0.3) is 0 Å². The summed E-state index contributed by atoms with van der Waals surface area (Å²) in [5.74, 6) is 1.68. The fourth-order valence-electron chi connectivity index (χ4n) is 3.62. The van der Waals surface area contributed by atoms with Crippen molar-refractivity contribution in [2.45, 2.75) is 46.0 Å². The SMILES string of the molecule is Cc1cc(N2CCOCC2)nc(C)c1NC(=O)CC1CCCC1. The van der Waals surface area contributed by atoms with Gasteiger partial charge in [0.15, 0.2) is 0 Å². The van der Waals surface area contributed by atoms with Crippen LogP contribution in [0, 0.1) is 19.8 Å². The molecule has 0 spiro atoms. The maximum atomic E-state index is 12.3. The summed E-state index contributed by atoms with van der Waals surface area (Å²) in [7, 11) is 0. The number of rotatable bonds is 4. The largest absolute Gasteiger partial charge is 0.378 e. The molecule has 5 heteroatoms. The second-order valence-corrected chi connectivity index (χ2v) is 6.76. The van der Waals surface area contributed by atoms with Crippen molar-refractivity contribution in [1.82, 2.24) is 4.98 Å². The van der Waals surface area contributed by atoms with E-state index in [1.54, 1.807) is 0 Å². The molecule has 0 atom stereocenters. The number of hydrogen-bond acceptors (Lipinski definition) is 4. The number of ether oxygens (including phenoxy) is 1. The van der Waals surface area contributed by atoms with Crippen molar-refractivity contribution in [2.24, 2.45) is 5.92 Å². The zero-order valence-electron chi connectivity index (χ0n) is 14.2. The highest BCUT2D eigenvalue weighted by molar-refractivity contribution is 5.92. The van der Waals surface area contributed by atoms with Crippen molar-refractivity contribution in [3.63, 3.8) is 0 Å². The number of aryl methyl sites for hydroxylation is 2. The van der Waals surface area contributed by atoms with Crippen LogP contribution < -0.4 is 10.2 Å². The Morgan fingerprint density at radius 2 is 2.00 bits per heavy atom. The summed E-state index contributed by atoms with van der Waals surface area (Å²) >= 11 is 0. The first-order chi connectivity index (χ1) is 11.1. The molecule has 1 amide bonds. The highest BCUT2D eigenvalue weighted by atomic mass is 16.5. The van der Waals surface area contributed by atoms with Crippen LogP contribution in [0.5, 0.6) is 0 Å². The normalized spacial score (nSPS) is 19.1. The Labute approximate surface area is 138 Å². The number of nitrogens with one attached hydrogen (secondary N) is 1. The number of carbonyl (C=O) groups excluding carboxylic acids is 1. The van der Waals surface area contributed by atoms with Gasteiger partial charge in [0.1, 0.15) is 5.82 Å². The zero-order chi connectivity index (χ0) is 16.2. The van der Waals surface area contributed by atoms with Gasteiger partial charge in [0.2, 0.25) is 5.91 Å². The minimum Gasteiger partial charge on any atom is -0.378 e. The third-order valence-electron chi connectivity index (χ3n) is 4.93. The third kappa shape index (κ3) is 4.02. The van der Waals surface area contributed by atoms with E-state index in [0.717, 1.165) is 49.1 Å². The number of aromatic nitrogens is 1. The van der Waals surface area contributed by atoms with Crippen molar-refractivity contribution in [2.75, 3.05) is 36.5 Å². The van der Waals surface area contributed by atoms with Crippen LogP contribution in [-0.2, 0) is 9.53 Å². The maximum Gasteiger partial charge on any atom is 0.224 e. The van der Waals surface area contributed by atoms with E-state index in [0.29, 0.717) is 12.3 Å².